The third-order valence-corrected chi connectivity index (χ3v) is 2.70. The number of halogens is 2. The van der Waals surface area contributed by atoms with Crippen molar-refractivity contribution in [2.75, 3.05) is 19.8 Å². The van der Waals surface area contributed by atoms with E-state index in [4.69, 9.17) is 5.73 Å². The number of rotatable bonds is 7. The number of nitrogens with two attached hydrogens (primary N) is 1. The SMILES string of the molecule is NC1(CNC(=O)CCOCC(F)F)CCC1. The van der Waals surface area contributed by atoms with E-state index in [0.717, 1.165) is 19.3 Å². The number of ether oxygens (including phenoxy) is 1. The van der Waals surface area contributed by atoms with Crippen LogP contribution in [0.4, 0.5) is 8.78 Å². The predicted octanol–water partition coefficient (Wildman–Crippen LogP) is 0.656. The van der Waals surface area contributed by atoms with Crippen molar-refractivity contribution in [2.45, 2.75) is 37.6 Å². The fraction of sp³-hybridized carbons (Fsp3) is 0.900. The van der Waals surface area contributed by atoms with E-state index in [1.54, 1.807) is 0 Å². The topological polar surface area (TPSA) is 64.3 Å². The van der Waals surface area contributed by atoms with Crippen LogP contribution in [0.1, 0.15) is 25.7 Å². The summed E-state index contributed by atoms with van der Waals surface area (Å²) in [6, 6.07) is 0. The molecular formula is C10H18F2N2O2. The molecule has 0 aromatic heterocycles. The van der Waals surface area contributed by atoms with Crippen molar-refractivity contribution in [3.63, 3.8) is 0 Å². The molecule has 0 unspecified atom stereocenters. The van der Waals surface area contributed by atoms with Crippen LogP contribution < -0.4 is 11.1 Å². The molecule has 0 saturated heterocycles. The first kappa shape index (κ1) is 13.3. The normalized spacial score (nSPS) is 18.2. The highest BCUT2D eigenvalue weighted by molar-refractivity contribution is 5.76. The zero-order valence-electron chi connectivity index (χ0n) is 9.18. The van der Waals surface area contributed by atoms with E-state index in [9.17, 15) is 13.6 Å². The van der Waals surface area contributed by atoms with E-state index in [1.807, 2.05) is 0 Å². The van der Waals surface area contributed by atoms with Crippen LogP contribution in [0, 0.1) is 0 Å². The van der Waals surface area contributed by atoms with Gasteiger partial charge in [-0.2, -0.15) is 0 Å². The van der Waals surface area contributed by atoms with Crippen LogP contribution in [0.2, 0.25) is 0 Å². The van der Waals surface area contributed by atoms with E-state index < -0.39 is 13.0 Å². The number of hydrogen-bond donors (Lipinski definition) is 2. The van der Waals surface area contributed by atoms with Crippen molar-refractivity contribution in [2.24, 2.45) is 5.73 Å². The van der Waals surface area contributed by atoms with Gasteiger partial charge in [0, 0.05) is 18.5 Å². The minimum atomic E-state index is -2.48. The van der Waals surface area contributed by atoms with Gasteiger partial charge in [-0.15, -0.1) is 0 Å². The molecule has 1 rings (SSSR count). The highest BCUT2D eigenvalue weighted by Crippen LogP contribution is 2.27. The monoisotopic (exact) mass is 236 g/mol. The Hall–Kier alpha value is -0.750. The van der Waals surface area contributed by atoms with E-state index in [-0.39, 0.29) is 24.5 Å². The zero-order valence-corrected chi connectivity index (χ0v) is 9.18. The molecule has 0 aromatic rings. The Morgan fingerprint density at radius 1 is 1.50 bits per heavy atom. The fourth-order valence-electron chi connectivity index (χ4n) is 1.51. The predicted molar refractivity (Wildman–Crippen MR) is 55.2 cm³/mol. The Labute approximate surface area is 93.5 Å². The maximum atomic E-state index is 11.7. The Balaban J connectivity index is 1.98. The van der Waals surface area contributed by atoms with Crippen molar-refractivity contribution in [3.8, 4) is 0 Å². The Kier molecular flexibility index (Phi) is 5.08. The molecule has 0 aromatic carbocycles. The van der Waals surface area contributed by atoms with Gasteiger partial charge in [-0.05, 0) is 19.3 Å². The molecule has 0 radical (unpaired) electrons. The molecule has 0 spiro atoms. The van der Waals surface area contributed by atoms with E-state index in [2.05, 4.69) is 10.1 Å². The summed E-state index contributed by atoms with van der Waals surface area (Å²) in [5.41, 5.74) is 5.65. The van der Waals surface area contributed by atoms with Crippen LogP contribution in [0.5, 0.6) is 0 Å². The molecule has 4 nitrogen and oxygen atoms in total. The number of carbonyl (C=O) groups is 1. The first-order chi connectivity index (χ1) is 7.52. The minimum absolute atomic E-state index is 0.0216. The standard InChI is InChI=1S/C10H18F2N2O2/c11-8(12)6-16-5-2-9(15)14-7-10(13)3-1-4-10/h8H,1-7,13H2,(H,14,15). The average Bonchev–Trinajstić information content (AvgIpc) is 2.18. The van der Waals surface area contributed by atoms with Gasteiger partial charge in [-0.1, -0.05) is 0 Å². The van der Waals surface area contributed by atoms with Crippen molar-refractivity contribution < 1.29 is 18.3 Å². The second-order valence-electron chi connectivity index (χ2n) is 4.21. The van der Waals surface area contributed by atoms with Crippen molar-refractivity contribution >= 4 is 5.91 Å². The maximum Gasteiger partial charge on any atom is 0.261 e. The average molecular weight is 236 g/mol. The lowest BCUT2D eigenvalue weighted by molar-refractivity contribution is -0.123. The molecule has 3 N–H and O–H groups in total. The lowest BCUT2D eigenvalue weighted by Crippen LogP contribution is -2.55. The molecule has 0 bridgehead atoms. The molecule has 1 aliphatic rings. The van der Waals surface area contributed by atoms with Crippen molar-refractivity contribution in [1.82, 2.24) is 5.32 Å². The number of carbonyl (C=O) groups excluding carboxylic acids is 1. The van der Waals surface area contributed by atoms with Crippen LogP contribution in [-0.2, 0) is 9.53 Å². The van der Waals surface area contributed by atoms with Crippen molar-refractivity contribution in [3.05, 3.63) is 0 Å². The van der Waals surface area contributed by atoms with Crippen LogP contribution >= 0.6 is 0 Å². The molecule has 0 aliphatic heterocycles. The van der Waals surface area contributed by atoms with Gasteiger partial charge >= 0.3 is 0 Å². The van der Waals surface area contributed by atoms with Gasteiger partial charge in [0.2, 0.25) is 5.91 Å². The summed E-state index contributed by atoms with van der Waals surface area (Å²) >= 11 is 0. The van der Waals surface area contributed by atoms with Crippen molar-refractivity contribution in [1.29, 1.82) is 0 Å². The summed E-state index contributed by atoms with van der Waals surface area (Å²) in [6.07, 6.45) is 0.571. The van der Waals surface area contributed by atoms with Gasteiger partial charge in [0.05, 0.1) is 6.61 Å². The van der Waals surface area contributed by atoms with Gasteiger partial charge < -0.3 is 15.8 Å². The second kappa shape index (κ2) is 6.10. The molecule has 1 saturated carbocycles. The lowest BCUT2D eigenvalue weighted by atomic mass is 9.78. The Bertz CT molecular complexity index is 233. The van der Waals surface area contributed by atoms with Gasteiger partial charge in [0.25, 0.3) is 6.43 Å². The van der Waals surface area contributed by atoms with Crippen LogP contribution in [0.3, 0.4) is 0 Å². The smallest absolute Gasteiger partial charge is 0.261 e. The van der Waals surface area contributed by atoms with Crippen LogP contribution in [0.15, 0.2) is 0 Å². The summed E-state index contributed by atoms with van der Waals surface area (Å²) in [5, 5.41) is 2.68. The van der Waals surface area contributed by atoms with Crippen LogP contribution in [-0.4, -0.2) is 37.6 Å². The first-order valence-corrected chi connectivity index (χ1v) is 5.43. The number of alkyl halides is 2. The van der Waals surface area contributed by atoms with Gasteiger partial charge in [-0.3, -0.25) is 4.79 Å². The third kappa shape index (κ3) is 4.85. The molecule has 0 heterocycles. The third-order valence-electron chi connectivity index (χ3n) is 2.70. The summed E-state index contributed by atoms with van der Waals surface area (Å²) in [7, 11) is 0. The zero-order chi connectivity index (χ0) is 12.0. The van der Waals surface area contributed by atoms with E-state index >= 15 is 0 Å². The van der Waals surface area contributed by atoms with Gasteiger partial charge in [0.1, 0.15) is 6.61 Å². The summed E-state index contributed by atoms with van der Waals surface area (Å²) in [5.74, 6) is -0.203. The molecule has 1 aliphatic carbocycles. The summed E-state index contributed by atoms with van der Waals surface area (Å²) in [6.45, 7) is -0.136. The maximum absolute atomic E-state index is 11.7. The fourth-order valence-corrected chi connectivity index (χ4v) is 1.51. The number of hydrogen-bond acceptors (Lipinski definition) is 3. The summed E-state index contributed by atoms with van der Waals surface area (Å²) in [4.78, 5) is 11.2. The Morgan fingerprint density at radius 2 is 2.19 bits per heavy atom. The summed E-state index contributed by atoms with van der Waals surface area (Å²) < 4.78 is 27.9. The number of amides is 1. The molecule has 6 heteroatoms. The molecule has 94 valence electrons. The first-order valence-electron chi connectivity index (χ1n) is 5.43. The lowest BCUT2D eigenvalue weighted by Gasteiger charge is -2.38. The Morgan fingerprint density at radius 3 is 2.69 bits per heavy atom. The van der Waals surface area contributed by atoms with E-state index in [1.165, 1.54) is 0 Å². The molecular weight excluding hydrogens is 218 g/mol. The molecule has 1 fully saturated rings. The van der Waals surface area contributed by atoms with Crippen LogP contribution in [0.25, 0.3) is 0 Å². The van der Waals surface area contributed by atoms with Gasteiger partial charge in [-0.25, -0.2) is 8.78 Å². The number of nitrogens with one attached hydrogen (secondary N) is 1. The minimum Gasteiger partial charge on any atom is -0.375 e. The highest BCUT2D eigenvalue weighted by atomic mass is 19.3. The molecule has 0 atom stereocenters. The second-order valence-corrected chi connectivity index (χ2v) is 4.21. The van der Waals surface area contributed by atoms with E-state index in [0.29, 0.717) is 6.54 Å². The quantitative estimate of drug-likeness (QED) is 0.638. The highest BCUT2D eigenvalue weighted by Gasteiger charge is 2.32. The largest absolute Gasteiger partial charge is 0.375 e. The molecule has 16 heavy (non-hydrogen) atoms. The van der Waals surface area contributed by atoms with Gasteiger partial charge in [0.15, 0.2) is 0 Å². The molecule has 1 amide bonds.